The van der Waals surface area contributed by atoms with E-state index >= 15 is 0 Å². The molecule has 28 heavy (non-hydrogen) atoms. The maximum absolute atomic E-state index is 12.8. The summed E-state index contributed by atoms with van der Waals surface area (Å²) < 4.78 is 0.967. The van der Waals surface area contributed by atoms with Gasteiger partial charge in [0.1, 0.15) is 0 Å². The smallest absolute Gasteiger partial charge is 0.318 e. The summed E-state index contributed by atoms with van der Waals surface area (Å²) in [6.45, 7) is 0. The van der Waals surface area contributed by atoms with Gasteiger partial charge in [0.15, 0.2) is 11.7 Å². The summed E-state index contributed by atoms with van der Waals surface area (Å²) in [6.07, 6.45) is -0.206. The van der Waals surface area contributed by atoms with Gasteiger partial charge < -0.3 is 10.2 Å². The first-order valence-electron chi connectivity index (χ1n) is 8.60. The Labute approximate surface area is 175 Å². The Hall–Kier alpha value is -2.74. The topological polar surface area (TPSA) is 91.7 Å². The summed E-state index contributed by atoms with van der Waals surface area (Å²) in [4.78, 5) is 36.1. The first-order valence-corrected chi connectivity index (χ1v) is 9.68. The molecule has 0 spiro atoms. The molecule has 3 aromatic rings. The number of carboxylic acids is 2. The molecule has 5 nitrogen and oxygen atoms in total. The van der Waals surface area contributed by atoms with E-state index in [1.54, 1.807) is 36.4 Å². The number of fused-ring (bicyclic) bond motifs is 1. The molecule has 0 saturated carbocycles. The molecule has 0 saturated heterocycles. The minimum atomic E-state index is -1.71. The lowest BCUT2D eigenvalue weighted by Crippen LogP contribution is -2.31. The lowest BCUT2D eigenvalue weighted by Gasteiger charge is -2.21. The minimum Gasteiger partial charge on any atom is -0.481 e. The van der Waals surface area contributed by atoms with E-state index in [2.05, 4.69) is 22.6 Å². The molecule has 0 heterocycles. The zero-order chi connectivity index (χ0) is 20.3. The lowest BCUT2D eigenvalue weighted by molar-refractivity contribution is -0.155. The SMILES string of the molecule is O=C(CC(c1ccc2ccccc2c1)C(C(=O)O)C(=O)O)c1ccc(I)cc1. The van der Waals surface area contributed by atoms with Crippen LogP contribution >= 0.6 is 22.6 Å². The molecule has 0 aliphatic rings. The number of aliphatic carboxylic acids is 2. The molecule has 6 heteroatoms. The molecule has 1 unspecified atom stereocenters. The van der Waals surface area contributed by atoms with Gasteiger partial charge in [-0.2, -0.15) is 0 Å². The van der Waals surface area contributed by atoms with Gasteiger partial charge in [-0.05, 0) is 51.1 Å². The molecule has 0 aliphatic carbocycles. The fraction of sp³-hybridized carbons (Fsp3) is 0.136. The fourth-order valence-corrected chi connectivity index (χ4v) is 3.63. The van der Waals surface area contributed by atoms with Gasteiger partial charge in [-0.15, -0.1) is 0 Å². The number of Topliss-reactive ketones (excluding diaryl/α,β-unsaturated/α-hetero) is 1. The number of carbonyl (C=O) groups excluding carboxylic acids is 1. The van der Waals surface area contributed by atoms with Crippen molar-refractivity contribution in [3.8, 4) is 0 Å². The van der Waals surface area contributed by atoms with E-state index in [9.17, 15) is 24.6 Å². The van der Waals surface area contributed by atoms with E-state index in [1.807, 2.05) is 30.3 Å². The third-order valence-electron chi connectivity index (χ3n) is 4.71. The molecule has 3 rings (SSSR count). The number of ketones is 1. The second kappa shape index (κ2) is 8.52. The Morgan fingerprint density at radius 2 is 1.43 bits per heavy atom. The molecular weight excluding hydrogens is 471 g/mol. The minimum absolute atomic E-state index is 0.206. The van der Waals surface area contributed by atoms with Crippen LogP contribution in [0.4, 0.5) is 0 Å². The van der Waals surface area contributed by atoms with Crippen molar-refractivity contribution in [2.24, 2.45) is 5.92 Å². The molecule has 0 aromatic heterocycles. The molecule has 1 atom stereocenters. The zero-order valence-electron chi connectivity index (χ0n) is 14.7. The number of hydrogen-bond acceptors (Lipinski definition) is 3. The van der Waals surface area contributed by atoms with Crippen molar-refractivity contribution >= 4 is 51.1 Å². The first kappa shape index (κ1) is 20.0. The van der Waals surface area contributed by atoms with Crippen molar-refractivity contribution in [1.82, 2.24) is 0 Å². The second-order valence-corrected chi connectivity index (χ2v) is 7.75. The summed E-state index contributed by atoms with van der Waals surface area (Å²) in [7, 11) is 0. The van der Waals surface area contributed by atoms with Crippen LogP contribution < -0.4 is 0 Å². The number of carboxylic acid groups (broad SMARTS) is 2. The molecule has 3 aromatic carbocycles. The molecule has 0 amide bonds. The van der Waals surface area contributed by atoms with E-state index in [0.717, 1.165) is 14.3 Å². The van der Waals surface area contributed by atoms with E-state index in [-0.39, 0.29) is 12.2 Å². The van der Waals surface area contributed by atoms with Gasteiger partial charge in [0.05, 0.1) is 0 Å². The maximum atomic E-state index is 12.8. The van der Waals surface area contributed by atoms with Crippen LogP contribution in [0.5, 0.6) is 0 Å². The summed E-state index contributed by atoms with van der Waals surface area (Å²) >= 11 is 2.12. The highest BCUT2D eigenvalue weighted by molar-refractivity contribution is 14.1. The van der Waals surface area contributed by atoms with Crippen LogP contribution in [0.25, 0.3) is 10.8 Å². The van der Waals surface area contributed by atoms with E-state index in [0.29, 0.717) is 11.1 Å². The van der Waals surface area contributed by atoms with Crippen molar-refractivity contribution in [3.05, 3.63) is 81.4 Å². The Morgan fingerprint density at radius 3 is 2.04 bits per heavy atom. The van der Waals surface area contributed by atoms with Crippen LogP contribution in [0.15, 0.2) is 66.7 Å². The van der Waals surface area contributed by atoms with E-state index in [4.69, 9.17) is 0 Å². The van der Waals surface area contributed by atoms with Crippen molar-refractivity contribution in [2.75, 3.05) is 0 Å². The largest absolute Gasteiger partial charge is 0.481 e. The number of hydrogen-bond donors (Lipinski definition) is 2. The molecule has 0 aliphatic heterocycles. The van der Waals surface area contributed by atoms with Gasteiger partial charge in [0, 0.05) is 21.5 Å². The predicted molar refractivity (Wildman–Crippen MR) is 114 cm³/mol. The van der Waals surface area contributed by atoms with Crippen LogP contribution in [0.2, 0.25) is 0 Å². The van der Waals surface area contributed by atoms with Crippen molar-refractivity contribution in [1.29, 1.82) is 0 Å². The van der Waals surface area contributed by atoms with Gasteiger partial charge in [-0.1, -0.05) is 54.6 Å². The van der Waals surface area contributed by atoms with Crippen LogP contribution in [0.3, 0.4) is 0 Å². The number of carbonyl (C=O) groups is 3. The second-order valence-electron chi connectivity index (χ2n) is 6.50. The average molecular weight is 488 g/mol. The third-order valence-corrected chi connectivity index (χ3v) is 5.43. The summed E-state index contributed by atoms with van der Waals surface area (Å²) in [6, 6.07) is 19.7. The fourth-order valence-electron chi connectivity index (χ4n) is 3.27. The molecule has 0 bridgehead atoms. The van der Waals surface area contributed by atoms with Crippen molar-refractivity contribution in [2.45, 2.75) is 12.3 Å². The Bertz CT molecular complexity index is 1030. The lowest BCUT2D eigenvalue weighted by atomic mass is 9.80. The standard InChI is InChI=1S/C22H17IO5/c23-17-9-7-14(8-10-17)19(24)12-18(20(21(25)26)22(27)28)16-6-5-13-3-1-2-4-15(13)11-16/h1-11,18,20H,12H2,(H,25,26)(H,27,28). The maximum Gasteiger partial charge on any atom is 0.318 e. The van der Waals surface area contributed by atoms with Gasteiger partial charge in [0.2, 0.25) is 0 Å². The zero-order valence-corrected chi connectivity index (χ0v) is 16.9. The molecule has 2 N–H and O–H groups in total. The highest BCUT2D eigenvalue weighted by Crippen LogP contribution is 2.32. The van der Waals surface area contributed by atoms with Crippen LogP contribution in [-0.4, -0.2) is 27.9 Å². The predicted octanol–water partition coefficient (Wildman–Crippen LogP) is 4.59. The van der Waals surface area contributed by atoms with Crippen LogP contribution in [0.1, 0.15) is 28.3 Å². The first-order chi connectivity index (χ1) is 13.4. The van der Waals surface area contributed by atoms with E-state index < -0.39 is 23.8 Å². The summed E-state index contributed by atoms with van der Waals surface area (Å²) in [5.41, 5.74) is 0.952. The Morgan fingerprint density at radius 1 is 0.821 bits per heavy atom. The molecule has 0 fully saturated rings. The highest BCUT2D eigenvalue weighted by atomic mass is 127. The summed E-state index contributed by atoms with van der Waals surface area (Å²) in [5.74, 6) is -5.90. The van der Waals surface area contributed by atoms with E-state index in [1.165, 1.54) is 0 Å². The van der Waals surface area contributed by atoms with Gasteiger partial charge in [-0.25, -0.2) is 0 Å². The van der Waals surface area contributed by atoms with Crippen molar-refractivity contribution < 1.29 is 24.6 Å². The quantitative estimate of drug-likeness (QED) is 0.289. The average Bonchev–Trinajstić information content (AvgIpc) is 2.67. The van der Waals surface area contributed by atoms with Gasteiger partial charge >= 0.3 is 11.9 Å². The Kier molecular flexibility index (Phi) is 6.08. The molecule has 142 valence electrons. The highest BCUT2D eigenvalue weighted by Gasteiger charge is 2.37. The molecule has 0 radical (unpaired) electrons. The van der Waals surface area contributed by atoms with Crippen molar-refractivity contribution in [3.63, 3.8) is 0 Å². The Balaban J connectivity index is 2.02. The molecular formula is C22H17IO5. The number of rotatable bonds is 7. The van der Waals surface area contributed by atoms with Gasteiger partial charge in [-0.3, -0.25) is 14.4 Å². The van der Waals surface area contributed by atoms with Crippen LogP contribution in [0, 0.1) is 9.49 Å². The van der Waals surface area contributed by atoms with Crippen LogP contribution in [-0.2, 0) is 9.59 Å². The monoisotopic (exact) mass is 488 g/mol. The normalized spacial score (nSPS) is 12.1. The van der Waals surface area contributed by atoms with Gasteiger partial charge in [0.25, 0.3) is 0 Å². The number of halogens is 1. The number of benzene rings is 3. The third kappa shape index (κ3) is 4.39. The summed E-state index contributed by atoms with van der Waals surface area (Å²) in [5, 5.41) is 20.8.